The minimum atomic E-state index is -0.0216. The highest BCUT2D eigenvalue weighted by Gasteiger charge is 2.43. The zero-order valence-corrected chi connectivity index (χ0v) is 20.2. The summed E-state index contributed by atoms with van der Waals surface area (Å²) in [4.78, 5) is 34.2. The van der Waals surface area contributed by atoms with Crippen LogP contribution in [-0.4, -0.2) is 59.2 Å². The number of hydrogen-bond acceptors (Lipinski definition) is 4. The lowest BCUT2D eigenvalue weighted by atomic mass is 9.77. The minimum absolute atomic E-state index is 0.0216. The largest absolute Gasteiger partial charge is 0.339 e. The van der Waals surface area contributed by atoms with Crippen LogP contribution in [0.2, 0.25) is 0 Å². The maximum absolute atomic E-state index is 13.0. The number of likely N-dealkylation sites (tertiary alicyclic amines) is 2. The Morgan fingerprint density at radius 1 is 1.00 bits per heavy atom. The van der Waals surface area contributed by atoms with Crippen LogP contribution in [0.5, 0.6) is 0 Å². The van der Waals surface area contributed by atoms with E-state index in [4.69, 9.17) is 0 Å². The molecule has 2 saturated heterocycles. The fourth-order valence-corrected chi connectivity index (χ4v) is 5.42. The number of thioether (sulfide) groups is 1. The molecule has 2 aromatic rings. The van der Waals surface area contributed by atoms with Crippen molar-refractivity contribution in [3.8, 4) is 0 Å². The normalized spacial score (nSPS) is 17.6. The van der Waals surface area contributed by atoms with Crippen molar-refractivity contribution < 1.29 is 9.59 Å². The van der Waals surface area contributed by atoms with Crippen molar-refractivity contribution in [1.82, 2.24) is 14.8 Å². The molecule has 32 heavy (non-hydrogen) atoms. The molecule has 0 saturated carbocycles. The van der Waals surface area contributed by atoms with Gasteiger partial charge in [0.05, 0.1) is 5.56 Å². The number of aryl methyl sites for hydroxylation is 3. The lowest BCUT2D eigenvalue weighted by Crippen LogP contribution is -2.45. The number of carbonyl (C=O) groups is 2. The average Bonchev–Trinajstić information content (AvgIpc) is 3.21. The number of rotatable bonds is 3. The van der Waals surface area contributed by atoms with E-state index in [1.165, 1.54) is 22.9 Å². The number of benzene rings is 1. The lowest BCUT2D eigenvalue weighted by molar-refractivity contribution is 0.0590. The van der Waals surface area contributed by atoms with Gasteiger partial charge in [-0.2, -0.15) is 0 Å². The average molecular weight is 453 g/mol. The molecule has 3 amide bonds. The Balaban J connectivity index is 1.36. The van der Waals surface area contributed by atoms with E-state index in [1.54, 1.807) is 6.20 Å². The molecule has 0 bridgehead atoms. The van der Waals surface area contributed by atoms with Crippen molar-refractivity contribution >= 4 is 29.4 Å². The molecule has 1 aromatic heterocycles. The molecule has 0 unspecified atom stereocenters. The molecular formula is C25H32N4O2S. The third kappa shape index (κ3) is 4.49. The highest BCUT2D eigenvalue weighted by atomic mass is 32.2. The number of nitrogens with zero attached hydrogens (tertiary/aromatic N) is 3. The molecular weight excluding hydrogens is 420 g/mol. The van der Waals surface area contributed by atoms with E-state index >= 15 is 0 Å². The van der Waals surface area contributed by atoms with E-state index in [2.05, 4.69) is 36.3 Å². The van der Waals surface area contributed by atoms with Crippen LogP contribution in [0, 0.1) is 26.2 Å². The molecule has 7 heteroatoms. The number of amides is 3. The van der Waals surface area contributed by atoms with Gasteiger partial charge in [0.15, 0.2) is 0 Å². The molecule has 2 aliphatic rings. The van der Waals surface area contributed by atoms with Gasteiger partial charge in [0.1, 0.15) is 5.03 Å². The smallest absolute Gasteiger partial charge is 0.321 e. The standard InChI is InChI=1S/C25H32N4O2S/c1-17-14-19(3)21(15-18(17)2)27-24(31)29-13-9-25(16-29)7-11-28(12-8-25)23(30)20-6-5-10-26-22(20)32-4/h5-6,10,14-15H,7-9,11-13,16H2,1-4H3,(H,27,31). The summed E-state index contributed by atoms with van der Waals surface area (Å²) in [6.45, 7) is 9.17. The molecule has 2 fully saturated rings. The van der Waals surface area contributed by atoms with Gasteiger partial charge >= 0.3 is 6.03 Å². The minimum Gasteiger partial charge on any atom is -0.339 e. The van der Waals surface area contributed by atoms with Crippen LogP contribution >= 0.6 is 11.8 Å². The molecule has 3 heterocycles. The van der Waals surface area contributed by atoms with E-state index < -0.39 is 0 Å². The molecule has 170 valence electrons. The molecule has 1 spiro atoms. The quantitative estimate of drug-likeness (QED) is 0.674. The van der Waals surface area contributed by atoms with Gasteiger partial charge in [-0.05, 0) is 86.6 Å². The summed E-state index contributed by atoms with van der Waals surface area (Å²) < 4.78 is 0. The highest BCUT2D eigenvalue weighted by molar-refractivity contribution is 7.98. The van der Waals surface area contributed by atoms with Crippen molar-refractivity contribution in [2.75, 3.05) is 37.8 Å². The Kier molecular flexibility index (Phi) is 6.47. The molecule has 0 radical (unpaired) electrons. The Labute approximate surface area is 194 Å². The predicted octanol–water partition coefficient (Wildman–Crippen LogP) is 4.89. The third-order valence-electron chi connectivity index (χ3n) is 7.11. The number of hydrogen-bond donors (Lipinski definition) is 1. The summed E-state index contributed by atoms with van der Waals surface area (Å²) in [5, 5.41) is 3.90. The molecule has 2 aliphatic heterocycles. The summed E-state index contributed by atoms with van der Waals surface area (Å²) in [6.07, 6.45) is 6.53. The maximum Gasteiger partial charge on any atom is 0.321 e. The third-order valence-corrected chi connectivity index (χ3v) is 7.83. The number of anilines is 1. The molecule has 1 aromatic carbocycles. The first-order chi connectivity index (χ1) is 15.3. The number of aromatic nitrogens is 1. The Morgan fingerprint density at radius 3 is 2.34 bits per heavy atom. The summed E-state index contributed by atoms with van der Waals surface area (Å²) in [5.74, 6) is 0.0649. The van der Waals surface area contributed by atoms with Gasteiger partial charge in [-0.1, -0.05) is 6.07 Å². The van der Waals surface area contributed by atoms with E-state index in [1.807, 2.05) is 35.1 Å². The summed E-state index contributed by atoms with van der Waals surface area (Å²) in [6, 6.07) is 7.84. The van der Waals surface area contributed by atoms with E-state index in [0.717, 1.165) is 61.7 Å². The molecule has 1 N–H and O–H groups in total. The van der Waals surface area contributed by atoms with Gasteiger partial charge in [-0.3, -0.25) is 4.79 Å². The Hall–Kier alpha value is -2.54. The van der Waals surface area contributed by atoms with Gasteiger partial charge < -0.3 is 15.1 Å². The van der Waals surface area contributed by atoms with E-state index in [9.17, 15) is 9.59 Å². The number of pyridine rings is 1. The Morgan fingerprint density at radius 2 is 1.66 bits per heavy atom. The SMILES string of the molecule is CSc1ncccc1C(=O)N1CCC2(CCN(C(=O)Nc3cc(C)c(C)cc3C)C2)CC1. The number of urea groups is 1. The summed E-state index contributed by atoms with van der Waals surface area (Å²) >= 11 is 1.50. The zero-order valence-electron chi connectivity index (χ0n) is 19.4. The molecule has 0 aliphatic carbocycles. The fraction of sp³-hybridized carbons (Fsp3) is 0.480. The van der Waals surface area contributed by atoms with Gasteiger partial charge in [-0.15, -0.1) is 11.8 Å². The fourth-order valence-electron chi connectivity index (χ4n) is 4.88. The topological polar surface area (TPSA) is 65.5 Å². The first kappa shape index (κ1) is 22.6. The van der Waals surface area contributed by atoms with Crippen molar-refractivity contribution in [3.05, 3.63) is 52.7 Å². The van der Waals surface area contributed by atoms with Crippen LogP contribution < -0.4 is 5.32 Å². The van der Waals surface area contributed by atoms with Crippen LogP contribution in [0.3, 0.4) is 0 Å². The number of carbonyl (C=O) groups excluding carboxylic acids is 2. The first-order valence-electron chi connectivity index (χ1n) is 11.2. The first-order valence-corrected chi connectivity index (χ1v) is 12.5. The monoisotopic (exact) mass is 452 g/mol. The predicted molar refractivity (Wildman–Crippen MR) is 129 cm³/mol. The van der Waals surface area contributed by atoms with Crippen LogP contribution in [0.15, 0.2) is 35.5 Å². The van der Waals surface area contributed by atoms with E-state index in [-0.39, 0.29) is 17.4 Å². The van der Waals surface area contributed by atoms with Crippen LogP contribution in [0.25, 0.3) is 0 Å². The van der Waals surface area contributed by atoms with E-state index in [0.29, 0.717) is 5.56 Å². The Bertz CT molecular complexity index is 1030. The lowest BCUT2D eigenvalue weighted by Gasteiger charge is -2.39. The van der Waals surface area contributed by atoms with Gasteiger partial charge in [0.25, 0.3) is 5.91 Å². The summed E-state index contributed by atoms with van der Waals surface area (Å²) in [7, 11) is 0. The van der Waals surface area contributed by atoms with Crippen molar-refractivity contribution in [1.29, 1.82) is 0 Å². The second-order valence-electron chi connectivity index (χ2n) is 9.21. The summed E-state index contributed by atoms with van der Waals surface area (Å²) in [5.41, 5.74) is 5.19. The second-order valence-corrected chi connectivity index (χ2v) is 10.0. The number of piperidine rings is 1. The maximum atomic E-state index is 13.0. The molecule has 0 atom stereocenters. The molecule has 4 rings (SSSR count). The number of nitrogens with one attached hydrogen (secondary N) is 1. The van der Waals surface area contributed by atoms with Crippen molar-refractivity contribution in [3.63, 3.8) is 0 Å². The van der Waals surface area contributed by atoms with Gasteiger partial charge in [0.2, 0.25) is 0 Å². The second kappa shape index (κ2) is 9.14. The van der Waals surface area contributed by atoms with Crippen LogP contribution in [-0.2, 0) is 0 Å². The highest BCUT2D eigenvalue weighted by Crippen LogP contribution is 2.41. The van der Waals surface area contributed by atoms with Gasteiger partial charge in [-0.25, -0.2) is 9.78 Å². The van der Waals surface area contributed by atoms with Crippen LogP contribution in [0.1, 0.15) is 46.3 Å². The van der Waals surface area contributed by atoms with Gasteiger partial charge in [0, 0.05) is 38.1 Å². The van der Waals surface area contributed by atoms with Crippen molar-refractivity contribution in [2.24, 2.45) is 5.41 Å². The van der Waals surface area contributed by atoms with Crippen molar-refractivity contribution in [2.45, 2.75) is 45.1 Å². The van der Waals surface area contributed by atoms with Crippen LogP contribution in [0.4, 0.5) is 10.5 Å². The molecule has 6 nitrogen and oxygen atoms in total. The zero-order chi connectivity index (χ0) is 22.9.